The topological polar surface area (TPSA) is 135 Å². The van der Waals surface area contributed by atoms with Gasteiger partial charge in [0, 0.05) is 11.8 Å². The number of rotatable bonds is 5. The summed E-state index contributed by atoms with van der Waals surface area (Å²) in [6, 6.07) is 6.44. The molecule has 2 aromatic heterocycles. The van der Waals surface area contributed by atoms with Crippen LogP contribution >= 0.6 is 0 Å². The molecule has 0 atom stereocenters. The first kappa shape index (κ1) is 23.1. The predicted octanol–water partition coefficient (Wildman–Crippen LogP) is 3.10. The van der Waals surface area contributed by atoms with E-state index in [0.29, 0.717) is 6.20 Å². The molecule has 0 unspecified atom stereocenters. The number of halogens is 4. The molecule has 1 amide bonds. The van der Waals surface area contributed by atoms with Crippen LogP contribution < -0.4 is 11.1 Å². The minimum Gasteiger partial charge on any atom is -0.404 e. The van der Waals surface area contributed by atoms with E-state index < -0.39 is 29.2 Å². The van der Waals surface area contributed by atoms with Crippen LogP contribution in [0.15, 0.2) is 59.6 Å². The van der Waals surface area contributed by atoms with E-state index in [2.05, 4.69) is 25.5 Å². The summed E-state index contributed by atoms with van der Waals surface area (Å²) < 4.78 is 54.9. The van der Waals surface area contributed by atoms with Gasteiger partial charge in [0.25, 0.3) is 5.91 Å². The molecule has 168 valence electrons. The Morgan fingerprint density at radius 2 is 2.00 bits per heavy atom. The van der Waals surface area contributed by atoms with Gasteiger partial charge in [-0.05, 0) is 25.1 Å². The van der Waals surface area contributed by atoms with Crippen molar-refractivity contribution in [1.82, 2.24) is 20.0 Å². The van der Waals surface area contributed by atoms with Crippen LogP contribution in [0.1, 0.15) is 11.1 Å². The van der Waals surface area contributed by atoms with E-state index in [1.54, 1.807) is 0 Å². The smallest absolute Gasteiger partial charge is 0.404 e. The highest BCUT2D eigenvalue weighted by Crippen LogP contribution is 2.29. The fraction of sp³-hybridized carbons (Fsp3) is 0.100. The zero-order valence-electron chi connectivity index (χ0n) is 16.8. The highest BCUT2D eigenvalue weighted by molar-refractivity contribution is 6.27. The molecule has 1 aromatic carbocycles. The van der Waals surface area contributed by atoms with Crippen molar-refractivity contribution in [3.8, 4) is 11.9 Å². The Balaban J connectivity index is 1.96. The SMILES string of the molecule is Cc1c(F)cccc1N=C(C(=CN)C(=O)Nc1cnc(-n2nccn2)c(C#N)c1)C(F)(F)F. The van der Waals surface area contributed by atoms with Crippen molar-refractivity contribution in [3.63, 3.8) is 0 Å². The van der Waals surface area contributed by atoms with Crippen molar-refractivity contribution in [3.05, 3.63) is 71.6 Å². The largest absolute Gasteiger partial charge is 0.434 e. The molecule has 0 aliphatic heterocycles. The maximum atomic E-state index is 13.7. The average Bonchev–Trinajstić information content (AvgIpc) is 3.30. The van der Waals surface area contributed by atoms with Gasteiger partial charge in [0.05, 0.1) is 35.5 Å². The number of nitrogens with two attached hydrogens (primary N) is 1. The lowest BCUT2D eigenvalue weighted by atomic mass is 10.1. The van der Waals surface area contributed by atoms with Crippen LogP contribution in [-0.2, 0) is 4.79 Å². The van der Waals surface area contributed by atoms with Gasteiger partial charge in [-0.2, -0.15) is 28.6 Å². The first-order chi connectivity index (χ1) is 15.7. The van der Waals surface area contributed by atoms with Crippen molar-refractivity contribution < 1.29 is 22.4 Å². The third kappa shape index (κ3) is 5.01. The van der Waals surface area contributed by atoms with Gasteiger partial charge in [0.15, 0.2) is 11.5 Å². The number of nitriles is 1. The number of anilines is 1. The number of hydrogen-bond donors (Lipinski definition) is 2. The lowest BCUT2D eigenvalue weighted by Crippen LogP contribution is -2.32. The Labute approximate surface area is 183 Å². The monoisotopic (exact) mass is 458 g/mol. The molecule has 13 heteroatoms. The zero-order valence-corrected chi connectivity index (χ0v) is 16.8. The maximum Gasteiger partial charge on any atom is 0.434 e. The molecule has 0 bridgehead atoms. The number of aliphatic imine (C=N–C) groups is 1. The molecule has 0 radical (unpaired) electrons. The van der Waals surface area contributed by atoms with E-state index in [0.717, 1.165) is 17.1 Å². The second-order valence-electron chi connectivity index (χ2n) is 6.40. The normalized spacial score (nSPS) is 12.4. The number of hydrogen-bond acceptors (Lipinski definition) is 7. The number of benzene rings is 1. The molecular formula is C20H14F4N8O. The third-order valence-electron chi connectivity index (χ3n) is 4.26. The molecule has 0 saturated carbocycles. The number of carbonyl (C=O) groups is 1. The molecule has 0 spiro atoms. The highest BCUT2D eigenvalue weighted by atomic mass is 19.4. The van der Waals surface area contributed by atoms with E-state index in [9.17, 15) is 27.6 Å². The van der Waals surface area contributed by atoms with E-state index in [4.69, 9.17) is 5.73 Å². The Morgan fingerprint density at radius 3 is 2.61 bits per heavy atom. The molecule has 2 heterocycles. The van der Waals surface area contributed by atoms with Crippen LogP contribution in [0.4, 0.5) is 28.9 Å². The maximum absolute atomic E-state index is 13.7. The molecule has 3 rings (SSSR count). The quantitative estimate of drug-likeness (QED) is 0.343. The van der Waals surface area contributed by atoms with Crippen molar-refractivity contribution in [2.75, 3.05) is 5.32 Å². The predicted molar refractivity (Wildman–Crippen MR) is 109 cm³/mol. The number of nitrogens with one attached hydrogen (secondary N) is 1. The summed E-state index contributed by atoms with van der Waals surface area (Å²) in [6.45, 7) is 1.25. The van der Waals surface area contributed by atoms with Crippen molar-refractivity contribution in [2.24, 2.45) is 10.7 Å². The summed E-state index contributed by atoms with van der Waals surface area (Å²) in [7, 11) is 0. The summed E-state index contributed by atoms with van der Waals surface area (Å²) >= 11 is 0. The Morgan fingerprint density at radius 1 is 1.30 bits per heavy atom. The van der Waals surface area contributed by atoms with Crippen LogP contribution in [0.2, 0.25) is 0 Å². The number of amides is 1. The van der Waals surface area contributed by atoms with Crippen molar-refractivity contribution in [2.45, 2.75) is 13.1 Å². The van der Waals surface area contributed by atoms with Gasteiger partial charge in [-0.1, -0.05) is 6.07 Å². The summed E-state index contributed by atoms with van der Waals surface area (Å²) in [5.74, 6) is -1.98. The van der Waals surface area contributed by atoms with E-state index >= 15 is 0 Å². The minimum atomic E-state index is -5.09. The Bertz CT molecular complexity index is 1290. The fourth-order valence-corrected chi connectivity index (χ4v) is 2.67. The van der Waals surface area contributed by atoms with Gasteiger partial charge in [-0.15, -0.1) is 4.80 Å². The lowest BCUT2D eigenvalue weighted by molar-refractivity contribution is -0.113. The third-order valence-corrected chi connectivity index (χ3v) is 4.26. The molecule has 0 aliphatic carbocycles. The van der Waals surface area contributed by atoms with Gasteiger partial charge in [-0.3, -0.25) is 4.79 Å². The molecule has 33 heavy (non-hydrogen) atoms. The molecule has 3 N–H and O–H groups in total. The van der Waals surface area contributed by atoms with Crippen molar-refractivity contribution >= 4 is 23.0 Å². The van der Waals surface area contributed by atoms with Crippen LogP contribution in [0.3, 0.4) is 0 Å². The summed E-state index contributed by atoms with van der Waals surface area (Å²) in [5, 5.41) is 19.2. The molecule has 3 aromatic rings. The van der Waals surface area contributed by atoms with Gasteiger partial charge in [-0.25, -0.2) is 14.4 Å². The summed E-state index contributed by atoms with van der Waals surface area (Å²) in [5.41, 5.74) is 2.09. The first-order valence-electron chi connectivity index (χ1n) is 9.07. The molecule has 0 saturated heterocycles. The molecule has 0 aliphatic rings. The number of carbonyl (C=O) groups excluding carboxylic acids is 1. The summed E-state index contributed by atoms with van der Waals surface area (Å²) in [4.78, 5) is 21.1. The second kappa shape index (κ2) is 9.27. The van der Waals surface area contributed by atoms with E-state index in [-0.39, 0.29) is 28.3 Å². The van der Waals surface area contributed by atoms with Gasteiger partial charge in [0.2, 0.25) is 0 Å². The number of aromatic nitrogens is 4. The average molecular weight is 458 g/mol. The second-order valence-corrected chi connectivity index (χ2v) is 6.40. The van der Waals surface area contributed by atoms with Crippen LogP contribution in [0.5, 0.6) is 0 Å². The molecular weight excluding hydrogens is 444 g/mol. The van der Waals surface area contributed by atoms with E-state index in [1.807, 2.05) is 6.07 Å². The van der Waals surface area contributed by atoms with Gasteiger partial charge in [0.1, 0.15) is 17.4 Å². The lowest BCUT2D eigenvalue weighted by Gasteiger charge is -2.15. The Kier molecular flexibility index (Phi) is 6.48. The minimum absolute atomic E-state index is 0.0502. The van der Waals surface area contributed by atoms with Gasteiger partial charge >= 0.3 is 6.18 Å². The van der Waals surface area contributed by atoms with Gasteiger partial charge < -0.3 is 11.1 Å². The molecule has 0 fully saturated rings. The first-order valence-corrected chi connectivity index (χ1v) is 9.07. The number of pyridine rings is 1. The Hall–Kier alpha value is -4.60. The standard InChI is InChI=1S/C20H14F4N8O/c1-11-15(21)3-2-4-16(11)31-17(20(22,23)24)14(9-26)19(33)30-13-7-12(8-25)18(27-10-13)32-28-5-6-29-32/h2-7,9-10H,26H2,1H3,(H,30,33). The van der Waals surface area contributed by atoms with E-state index in [1.165, 1.54) is 37.5 Å². The van der Waals surface area contributed by atoms with Crippen LogP contribution in [0.25, 0.3) is 5.82 Å². The number of nitrogens with zero attached hydrogens (tertiary/aromatic N) is 6. The fourth-order valence-electron chi connectivity index (χ4n) is 2.67. The van der Waals surface area contributed by atoms with Crippen LogP contribution in [-0.4, -0.2) is 37.8 Å². The highest BCUT2D eigenvalue weighted by Gasteiger charge is 2.40. The molecule has 9 nitrogen and oxygen atoms in total. The van der Waals surface area contributed by atoms with Crippen molar-refractivity contribution in [1.29, 1.82) is 5.26 Å². The zero-order chi connectivity index (χ0) is 24.2. The summed E-state index contributed by atoms with van der Waals surface area (Å²) in [6.07, 6.45) is -0.832. The van der Waals surface area contributed by atoms with Crippen LogP contribution in [0, 0.1) is 24.1 Å². The number of alkyl halides is 3.